The molecular weight excluding hydrogens is 462 g/mol. The molecule has 1 aliphatic heterocycles. The number of carbonyl (C=O) groups excluding carboxylic acids is 1. The van der Waals surface area contributed by atoms with Gasteiger partial charge in [-0.25, -0.2) is 4.98 Å². The number of amides is 1. The van der Waals surface area contributed by atoms with E-state index >= 15 is 0 Å². The normalized spacial score (nSPS) is 13.5. The maximum absolute atomic E-state index is 13.2. The highest BCUT2D eigenvalue weighted by Gasteiger charge is 2.25. The summed E-state index contributed by atoms with van der Waals surface area (Å²) in [6.07, 6.45) is 6.69. The fourth-order valence-corrected chi connectivity index (χ4v) is 4.56. The molecule has 1 aliphatic rings. The fourth-order valence-electron chi connectivity index (χ4n) is 4.56. The first kappa shape index (κ1) is 25.3. The summed E-state index contributed by atoms with van der Waals surface area (Å²) in [5.74, 6) is 1.45. The number of fused-ring (bicyclic) bond motifs is 1. The van der Waals surface area contributed by atoms with Gasteiger partial charge in [-0.05, 0) is 24.1 Å². The lowest BCUT2D eigenvalue weighted by Crippen LogP contribution is -2.32. The van der Waals surface area contributed by atoms with E-state index in [1.54, 1.807) is 31.3 Å². The van der Waals surface area contributed by atoms with Crippen molar-refractivity contribution in [3.05, 3.63) is 70.2 Å². The highest BCUT2D eigenvalue weighted by atomic mass is 16.5. The van der Waals surface area contributed by atoms with Gasteiger partial charge in [0.2, 0.25) is 0 Å². The number of ether oxygens (including phenoxy) is 3. The Morgan fingerprint density at radius 3 is 2.56 bits per heavy atom. The van der Waals surface area contributed by atoms with Crippen LogP contribution in [0.1, 0.15) is 28.0 Å². The Hall–Kier alpha value is -3.79. The minimum atomic E-state index is -0.227. The summed E-state index contributed by atoms with van der Waals surface area (Å²) < 4.78 is 19.9. The molecule has 0 saturated heterocycles. The second kappa shape index (κ2) is 11.8. The quantitative estimate of drug-likeness (QED) is 0.429. The van der Waals surface area contributed by atoms with E-state index in [4.69, 9.17) is 14.2 Å². The molecule has 1 aromatic carbocycles. The first-order chi connectivity index (χ1) is 17.5. The summed E-state index contributed by atoms with van der Waals surface area (Å²) in [5, 5.41) is 2.99. The molecule has 0 atom stereocenters. The van der Waals surface area contributed by atoms with Crippen LogP contribution in [-0.2, 0) is 26.1 Å². The van der Waals surface area contributed by atoms with Crippen molar-refractivity contribution in [2.24, 2.45) is 0 Å². The van der Waals surface area contributed by atoms with Crippen LogP contribution in [0.15, 0.2) is 47.8 Å². The standard InChI is InChI=1S/C26H33N5O5/c1-34-21-6-5-19(15-22(21)35-2)17-29-11-7-20-25(23(36-3)16-24(32)31(20)14-13-29)26(33)28-8-4-10-30-12-9-27-18-30/h5-6,9,12,15-16,18H,4,7-8,10-11,13-14,17H2,1-3H3,(H,28,33). The predicted octanol–water partition coefficient (Wildman–Crippen LogP) is 1.95. The summed E-state index contributed by atoms with van der Waals surface area (Å²) in [6, 6.07) is 7.28. The number of rotatable bonds is 10. The lowest BCUT2D eigenvalue weighted by atomic mass is 10.1. The minimum absolute atomic E-state index is 0.161. The molecule has 10 nitrogen and oxygen atoms in total. The predicted molar refractivity (Wildman–Crippen MR) is 135 cm³/mol. The van der Waals surface area contributed by atoms with Gasteiger partial charge in [-0.15, -0.1) is 0 Å². The molecule has 192 valence electrons. The molecule has 1 amide bonds. The lowest BCUT2D eigenvalue weighted by molar-refractivity contribution is 0.0947. The van der Waals surface area contributed by atoms with Gasteiger partial charge in [0, 0.05) is 69.8 Å². The lowest BCUT2D eigenvalue weighted by Gasteiger charge is -2.20. The number of aromatic nitrogens is 3. The van der Waals surface area contributed by atoms with Gasteiger partial charge in [0.1, 0.15) is 11.3 Å². The van der Waals surface area contributed by atoms with E-state index in [0.717, 1.165) is 18.5 Å². The maximum Gasteiger partial charge on any atom is 0.256 e. The number of benzene rings is 1. The van der Waals surface area contributed by atoms with Crippen LogP contribution in [0.25, 0.3) is 0 Å². The van der Waals surface area contributed by atoms with Gasteiger partial charge >= 0.3 is 0 Å². The molecular formula is C26H33N5O5. The molecule has 36 heavy (non-hydrogen) atoms. The van der Waals surface area contributed by atoms with Gasteiger partial charge in [0.25, 0.3) is 11.5 Å². The van der Waals surface area contributed by atoms with Gasteiger partial charge in [0.05, 0.1) is 27.7 Å². The summed E-state index contributed by atoms with van der Waals surface area (Å²) in [4.78, 5) is 32.4. The second-order valence-corrected chi connectivity index (χ2v) is 8.65. The van der Waals surface area contributed by atoms with Crippen LogP contribution in [0.2, 0.25) is 0 Å². The Balaban J connectivity index is 1.48. The first-order valence-electron chi connectivity index (χ1n) is 12.0. The molecule has 2 aromatic heterocycles. The van der Waals surface area contributed by atoms with Crippen LogP contribution in [0, 0.1) is 0 Å². The number of imidazole rings is 1. The molecule has 0 radical (unpaired) electrons. The fraction of sp³-hybridized carbons (Fsp3) is 0.423. The van der Waals surface area contributed by atoms with E-state index in [1.165, 1.54) is 13.2 Å². The van der Waals surface area contributed by atoms with E-state index in [1.807, 2.05) is 29.0 Å². The van der Waals surface area contributed by atoms with Gasteiger partial charge in [-0.2, -0.15) is 0 Å². The molecule has 3 heterocycles. The van der Waals surface area contributed by atoms with Crippen LogP contribution in [0.4, 0.5) is 0 Å². The summed E-state index contributed by atoms with van der Waals surface area (Å²) in [7, 11) is 4.72. The topological polar surface area (TPSA) is 99.9 Å². The van der Waals surface area contributed by atoms with Crippen molar-refractivity contribution in [2.45, 2.75) is 32.5 Å². The monoisotopic (exact) mass is 495 g/mol. The first-order valence-corrected chi connectivity index (χ1v) is 12.0. The number of hydrogen-bond acceptors (Lipinski definition) is 7. The van der Waals surface area contributed by atoms with Crippen LogP contribution in [-0.4, -0.2) is 65.9 Å². The molecule has 1 N–H and O–H groups in total. The Labute approximate surface area is 210 Å². The largest absolute Gasteiger partial charge is 0.496 e. The average Bonchev–Trinajstić information content (AvgIpc) is 3.33. The van der Waals surface area contributed by atoms with Gasteiger partial charge in [-0.3, -0.25) is 14.5 Å². The van der Waals surface area contributed by atoms with Crippen molar-refractivity contribution in [3.8, 4) is 17.2 Å². The number of aryl methyl sites for hydroxylation is 1. The third kappa shape index (κ3) is 5.71. The zero-order valence-corrected chi connectivity index (χ0v) is 21.0. The molecule has 0 spiro atoms. The number of hydrogen-bond donors (Lipinski definition) is 1. The van der Waals surface area contributed by atoms with Crippen molar-refractivity contribution in [2.75, 3.05) is 41.0 Å². The third-order valence-corrected chi connectivity index (χ3v) is 6.43. The highest BCUT2D eigenvalue weighted by Crippen LogP contribution is 2.28. The van der Waals surface area contributed by atoms with E-state index in [0.29, 0.717) is 67.7 Å². The molecule has 10 heteroatoms. The number of nitrogens with one attached hydrogen (secondary N) is 1. The van der Waals surface area contributed by atoms with E-state index in [9.17, 15) is 9.59 Å². The van der Waals surface area contributed by atoms with E-state index in [2.05, 4.69) is 15.2 Å². The minimum Gasteiger partial charge on any atom is -0.496 e. The van der Waals surface area contributed by atoms with Gasteiger partial charge in [-0.1, -0.05) is 6.07 Å². The third-order valence-electron chi connectivity index (χ3n) is 6.43. The van der Waals surface area contributed by atoms with Crippen molar-refractivity contribution in [1.82, 2.24) is 24.3 Å². The van der Waals surface area contributed by atoms with Crippen LogP contribution >= 0.6 is 0 Å². The highest BCUT2D eigenvalue weighted by molar-refractivity contribution is 5.98. The zero-order chi connectivity index (χ0) is 25.5. The molecule has 0 bridgehead atoms. The van der Waals surface area contributed by atoms with E-state index < -0.39 is 0 Å². The number of nitrogens with zero attached hydrogens (tertiary/aromatic N) is 4. The van der Waals surface area contributed by atoms with E-state index in [-0.39, 0.29) is 11.5 Å². The second-order valence-electron chi connectivity index (χ2n) is 8.65. The smallest absolute Gasteiger partial charge is 0.256 e. The Morgan fingerprint density at radius 1 is 1.03 bits per heavy atom. The van der Waals surface area contributed by atoms with Crippen molar-refractivity contribution < 1.29 is 19.0 Å². The molecule has 0 unspecified atom stereocenters. The van der Waals surface area contributed by atoms with Crippen LogP contribution < -0.4 is 25.1 Å². The maximum atomic E-state index is 13.2. The Kier molecular flexibility index (Phi) is 8.27. The molecule has 4 rings (SSSR count). The van der Waals surface area contributed by atoms with Crippen molar-refractivity contribution in [1.29, 1.82) is 0 Å². The zero-order valence-electron chi connectivity index (χ0n) is 21.0. The van der Waals surface area contributed by atoms with Gasteiger partial charge in [0.15, 0.2) is 11.5 Å². The number of methoxy groups -OCH3 is 3. The Bertz CT molecular complexity index is 1240. The molecule has 0 aliphatic carbocycles. The van der Waals surface area contributed by atoms with Crippen LogP contribution in [0.5, 0.6) is 17.2 Å². The van der Waals surface area contributed by atoms with Crippen molar-refractivity contribution >= 4 is 5.91 Å². The Morgan fingerprint density at radius 2 is 1.83 bits per heavy atom. The average molecular weight is 496 g/mol. The number of carbonyl (C=O) groups is 1. The summed E-state index contributed by atoms with van der Waals surface area (Å²) in [5.41, 5.74) is 2.07. The molecule has 0 fully saturated rings. The number of pyridine rings is 1. The van der Waals surface area contributed by atoms with Gasteiger partial charge < -0.3 is 28.7 Å². The van der Waals surface area contributed by atoms with Crippen LogP contribution in [0.3, 0.4) is 0 Å². The molecule has 0 saturated carbocycles. The summed E-state index contributed by atoms with van der Waals surface area (Å²) in [6.45, 7) is 3.82. The SMILES string of the molecule is COc1ccc(CN2CCc3c(C(=O)NCCCn4ccnc4)c(OC)cc(=O)n3CC2)cc1OC. The summed E-state index contributed by atoms with van der Waals surface area (Å²) >= 11 is 0. The molecule has 3 aromatic rings. The van der Waals surface area contributed by atoms with Crippen molar-refractivity contribution in [3.63, 3.8) is 0 Å².